The maximum atomic E-state index is 13.5. The Balaban J connectivity index is 1.90. The lowest BCUT2D eigenvalue weighted by Crippen LogP contribution is -2.74. The van der Waals surface area contributed by atoms with Gasteiger partial charge in [0.05, 0.1) is 22.4 Å². The molecule has 4 N–H and O–H groups in total. The van der Waals surface area contributed by atoms with Crippen molar-refractivity contribution in [1.29, 1.82) is 0 Å². The van der Waals surface area contributed by atoms with Crippen molar-refractivity contribution in [3.05, 3.63) is 33.4 Å². The standard InChI is InChI=1S/C21H21N3O9/c1-23(2)15-9-6-7-5-8-10(24(32)33)3-4-11(25)13(8)16(26)12(7)18(28)21(9,31)19(29)14(17(15)27)20(22)30/h3-4,7,9,12,14-15,25,31H,5-6H2,1-2H3,(H2,22,30)/t7?,9?,12?,14?,15-,21-/m0/s1. The molecule has 174 valence electrons. The summed E-state index contributed by atoms with van der Waals surface area (Å²) in [4.78, 5) is 76.9. The van der Waals surface area contributed by atoms with Gasteiger partial charge in [0.1, 0.15) is 5.75 Å². The molecule has 0 radical (unpaired) electrons. The average molecular weight is 459 g/mol. The minimum atomic E-state index is -2.83. The van der Waals surface area contributed by atoms with E-state index in [0.717, 1.165) is 12.1 Å². The van der Waals surface area contributed by atoms with Crippen LogP contribution < -0.4 is 5.73 Å². The fourth-order valence-electron chi connectivity index (χ4n) is 5.76. The van der Waals surface area contributed by atoms with E-state index in [4.69, 9.17) is 5.73 Å². The molecule has 3 aliphatic rings. The molecule has 4 unspecified atom stereocenters. The Kier molecular flexibility index (Phi) is 4.98. The van der Waals surface area contributed by atoms with Crippen LogP contribution in [0.3, 0.4) is 0 Å². The summed E-state index contributed by atoms with van der Waals surface area (Å²) >= 11 is 0. The summed E-state index contributed by atoms with van der Waals surface area (Å²) in [6.07, 6.45) is -0.326. The lowest BCUT2D eigenvalue weighted by atomic mass is 9.52. The molecule has 1 amide bonds. The molecular formula is C21H21N3O9. The summed E-state index contributed by atoms with van der Waals surface area (Å²) in [6.45, 7) is 0. The zero-order chi connectivity index (χ0) is 24.6. The minimum absolute atomic E-state index is 0.0469. The molecule has 1 aromatic carbocycles. The van der Waals surface area contributed by atoms with Crippen molar-refractivity contribution in [3.63, 3.8) is 0 Å². The number of likely N-dealkylation sites (N-methyl/N-ethyl adjacent to an activating group) is 1. The van der Waals surface area contributed by atoms with Crippen molar-refractivity contribution in [3.8, 4) is 5.75 Å². The van der Waals surface area contributed by atoms with E-state index in [1.54, 1.807) is 0 Å². The van der Waals surface area contributed by atoms with Crippen LogP contribution >= 0.6 is 0 Å². The normalized spacial score (nSPS) is 33.4. The zero-order valence-electron chi connectivity index (χ0n) is 17.7. The van der Waals surface area contributed by atoms with E-state index in [9.17, 15) is 44.3 Å². The molecule has 3 aliphatic carbocycles. The van der Waals surface area contributed by atoms with Crippen molar-refractivity contribution >= 4 is 34.7 Å². The molecule has 0 saturated heterocycles. The van der Waals surface area contributed by atoms with E-state index < -0.39 is 86.3 Å². The number of primary amides is 1. The van der Waals surface area contributed by atoms with Crippen LogP contribution in [0.1, 0.15) is 22.3 Å². The number of amides is 1. The molecule has 0 spiro atoms. The number of aliphatic hydroxyl groups is 1. The number of carbonyl (C=O) groups excluding carboxylic acids is 5. The van der Waals surface area contributed by atoms with E-state index in [1.807, 2.05) is 0 Å². The molecule has 2 fully saturated rings. The second-order valence-corrected chi connectivity index (χ2v) is 9.00. The molecule has 12 heteroatoms. The molecule has 0 heterocycles. The van der Waals surface area contributed by atoms with Crippen LogP contribution in [0, 0.1) is 33.8 Å². The molecule has 0 aromatic heterocycles. The lowest BCUT2D eigenvalue weighted by Gasteiger charge is -2.52. The van der Waals surface area contributed by atoms with Gasteiger partial charge in [-0.05, 0) is 38.9 Å². The zero-order valence-corrected chi connectivity index (χ0v) is 17.7. The van der Waals surface area contributed by atoms with Gasteiger partial charge < -0.3 is 15.9 Å². The number of hydrogen-bond acceptors (Lipinski definition) is 10. The monoisotopic (exact) mass is 459 g/mol. The van der Waals surface area contributed by atoms with Gasteiger partial charge in [-0.2, -0.15) is 0 Å². The number of carbonyl (C=O) groups is 5. The number of hydrogen-bond donors (Lipinski definition) is 3. The molecule has 6 atom stereocenters. The third kappa shape index (κ3) is 2.87. The largest absolute Gasteiger partial charge is 0.507 e. The summed E-state index contributed by atoms with van der Waals surface area (Å²) in [7, 11) is 2.94. The highest BCUT2D eigenvalue weighted by Crippen LogP contribution is 2.51. The highest BCUT2D eigenvalue weighted by Gasteiger charge is 2.69. The lowest BCUT2D eigenvalue weighted by molar-refractivity contribution is -0.385. The van der Waals surface area contributed by atoms with E-state index in [-0.39, 0.29) is 18.4 Å². The van der Waals surface area contributed by atoms with Crippen LogP contribution in [0.15, 0.2) is 12.1 Å². The van der Waals surface area contributed by atoms with E-state index in [1.165, 1.54) is 19.0 Å². The fourth-order valence-corrected chi connectivity index (χ4v) is 5.76. The molecular weight excluding hydrogens is 438 g/mol. The quantitative estimate of drug-likeness (QED) is 0.279. The van der Waals surface area contributed by atoms with Crippen molar-refractivity contribution in [2.75, 3.05) is 14.1 Å². The van der Waals surface area contributed by atoms with Gasteiger partial charge >= 0.3 is 0 Å². The second kappa shape index (κ2) is 7.25. The van der Waals surface area contributed by atoms with Gasteiger partial charge in [0.25, 0.3) is 5.69 Å². The molecule has 33 heavy (non-hydrogen) atoms. The number of Topliss-reactive ketones (excluding diaryl/α,β-unsaturated/α-hetero) is 4. The molecule has 1 aromatic rings. The number of fused-ring (bicyclic) bond motifs is 3. The number of ketones is 4. The Hall–Kier alpha value is -3.51. The predicted molar refractivity (Wildman–Crippen MR) is 108 cm³/mol. The van der Waals surface area contributed by atoms with Crippen molar-refractivity contribution in [2.45, 2.75) is 24.5 Å². The number of nitro groups is 1. The number of aromatic hydroxyl groups is 1. The van der Waals surface area contributed by atoms with Crippen LogP contribution in [0.5, 0.6) is 5.75 Å². The van der Waals surface area contributed by atoms with Gasteiger partial charge in [0, 0.05) is 17.5 Å². The Bertz CT molecular complexity index is 1160. The minimum Gasteiger partial charge on any atom is -0.507 e. The third-order valence-electron chi connectivity index (χ3n) is 7.12. The highest BCUT2D eigenvalue weighted by molar-refractivity contribution is 6.32. The maximum Gasteiger partial charge on any atom is 0.273 e. The number of phenols is 1. The molecule has 12 nitrogen and oxygen atoms in total. The molecule has 2 saturated carbocycles. The number of rotatable bonds is 3. The Morgan fingerprint density at radius 3 is 2.39 bits per heavy atom. The van der Waals surface area contributed by atoms with Crippen LogP contribution in [0.25, 0.3) is 0 Å². The van der Waals surface area contributed by atoms with Crippen LogP contribution in [-0.4, -0.2) is 74.8 Å². The fraction of sp³-hybridized carbons (Fsp3) is 0.476. The van der Waals surface area contributed by atoms with Gasteiger partial charge in [-0.3, -0.25) is 39.0 Å². The third-order valence-corrected chi connectivity index (χ3v) is 7.12. The van der Waals surface area contributed by atoms with E-state index in [2.05, 4.69) is 0 Å². The van der Waals surface area contributed by atoms with E-state index >= 15 is 0 Å². The maximum absolute atomic E-state index is 13.5. The van der Waals surface area contributed by atoms with Gasteiger partial charge in [-0.1, -0.05) is 0 Å². The van der Waals surface area contributed by atoms with Crippen LogP contribution in [0.2, 0.25) is 0 Å². The smallest absolute Gasteiger partial charge is 0.273 e. The Labute approximate surface area is 186 Å². The Morgan fingerprint density at radius 1 is 1.21 bits per heavy atom. The van der Waals surface area contributed by atoms with Crippen LogP contribution in [-0.2, 0) is 25.6 Å². The second-order valence-electron chi connectivity index (χ2n) is 9.00. The summed E-state index contributed by atoms with van der Waals surface area (Å²) in [6, 6.07) is 0.789. The van der Waals surface area contributed by atoms with Crippen molar-refractivity contribution < 1.29 is 39.1 Å². The van der Waals surface area contributed by atoms with Gasteiger partial charge in [0.15, 0.2) is 34.7 Å². The first-order valence-corrected chi connectivity index (χ1v) is 10.2. The first kappa shape index (κ1) is 22.7. The summed E-state index contributed by atoms with van der Waals surface area (Å²) in [5.74, 6) is -12.0. The van der Waals surface area contributed by atoms with Crippen molar-refractivity contribution in [1.82, 2.24) is 4.90 Å². The molecule has 0 aliphatic heterocycles. The number of phenolic OH excluding ortho intramolecular Hbond substituents is 1. The first-order chi connectivity index (χ1) is 15.3. The van der Waals surface area contributed by atoms with Crippen LogP contribution in [0.4, 0.5) is 5.69 Å². The van der Waals surface area contributed by atoms with Gasteiger partial charge in [-0.25, -0.2) is 0 Å². The highest BCUT2D eigenvalue weighted by atomic mass is 16.6. The van der Waals surface area contributed by atoms with Crippen molar-refractivity contribution in [2.24, 2.45) is 29.4 Å². The number of nitro benzene ring substituents is 1. The molecule has 4 rings (SSSR count). The SMILES string of the molecule is CN(C)[C@@H]1C(=O)C(C(N)=O)C(=O)[C@@]2(O)C(=O)C3C(=O)c4c(O)ccc([N+](=O)[O-])c4CC3CC12. The summed E-state index contributed by atoms with van der Waals surface area (Å²) in [5.41, 5.74) is 1.55. The summed E-state index contributed by atoms with van der Waals surface area (Å²) < 4.78 is 0. The molecule has 0 bridgehead atoms. The van der Waals surface area contributed by atoms with Gasteiger partial charge in [-0.15, -0.1) is 0 Å². The number of benzene rings is 1. The topological polar surface area (TPSA) is 198 Å². The summed E-state index contributed by atoms with van der Waals surface area (Å²) in [5, 5.41) is 33.1. The number of nitrogens with two attached hydrogens (primary N) is 1. The predicted octanol–water partition coefficient (Wildman–Crippen LogP) is -1.22. The average Bonchev–Trinajstić information content (AvgIpc) is 2.70. The van der Waals surface area contributed by atoms with Gasteiger partial charge in [0.2, 0.25) is 5.91 Å². The van der Waals surface area contributed by atoms with E-state index in [0.29, 0.717) is 0 Å². The Morgan fingerprint density at radius 2 is 1.85 bits per heavy atom. The number of nitrogens with zero attached hydrogens (tertiary/aromatic N) is 2. The first-order valence-electron chi connectivity index (χ1n) is 10.2.